The van der Waals surface area contributed by atoms with Gasteiger partial charge in [-0.1, -0.05) is 12.1 Å². The molecule has 0 aliphatic carbocycles. The van der Waals surface area contributed by atoms with Gasteiger partial charge in [0.25, 0.3) is 17.3 Å². The van der Waals surface area contributed by atoms with Gasteiger partial charge < -0.3 is 5.11 Å². The highest BCUT2D eigenvalue weighted by molar-refractivity contribution is 5.95. The molecule has 0 aliphatic rings. The number of carbonyl (C=O) groups excluding carboxylic acids is 1. The molecule has 0 fully saturated rings. The summed E-state index contributed by atoms with van der Waals surface area (Å²) in [6, 6.07) is 9.86. The molecule has 0 saturated heterocycles. The second kappa shape index (κ2) is 8.60. The van der Waals surface area contributed by atoms with Crippen molar-refractivity contribution >= 4 is 23.5 Å². The summed E-state index contributed by atoms with van der Waals surface area (Å²) >= 11 is 0. The molecule has 3 rings (SSSR count). The van der Waals surface area contributed by atoms with E-state index in [0.29, 0.717) is 12.6 Å². The van der Waals surface area contributed by atoms with Gasteiger partial charge >= 0.3 is 0 Å². The molecule has 0 spiro atoms. The van der Waals surface area contributed by atoms with Gasteiger partial charge in [0.1, 0.15) is 0 Å². The number of rotatable bonds is 7. The summed E-state index contributed by atoms with van der Waals surface area (Å²) in [4.78, 5) is 32.2. The third kappa shape index (κ3) is 4.62. The van der Waals surface area contributed by atoms with Crippen LogP contribution in [0.25, 0.3) is 0 Å². The van der Waals surface area contributed by atoms with Gasteiger partial charge in [-0.3, -0.25) is 29.7 Å². The van der Waals surface area contributed by atoms with E-state index in [-0.39, 0.29) is 5.56 Å². The van der Waals surface area contributed by atoms with Crippen LogP contribution in [0.15, 0.2) is 60.0 Å². The molecule has 1 heterocycles. The van der Waals surface area contributed by atoms with E-state index in [4.69, 9.17) is 0 Å². The standard InChI is InChI=1S/C18H14N6O6/c25-17-14(8-15(23(27)28)9-16(17)24(29)30)10-19-21-18(26)13-4-1-3-12(7-13)11-22-6-2-5-20-22/h1-10,25H,11H2,(H,21,26)/p-1/b19-10+. The molecule has 1 N–H and O–H groups in total. The first kappa shape index (κ1) is 20.1. The maximum absolute atomic E-state index is 12.3. The summed E-state index contributed by atoms with van der Waals surface area (Å²) in [7, 11) is 0. The third-order valence-corrected chi connectivity index (χ3v) is 3.95. The van der Waals surface area contributed by atoms with Crippen molar-refractivity contribution in [1.82, 2.24) is 15.2 Å². The highest BCUT2D eigenvalue weighted by Gasteiger charge is 2.18. The van der Waals surface area contributed by atoms with E-state index in [2.05, 4.69) is 15.6 Å². The lowest BCUT2D eigenvalue weighted by Gasteiger charge is -2.10. The lowest BCUT2D eigenvalue weighted by Crippen LogP contribution is -2.18. The second-order valence-corrected chi connectivity index (χ2v) is 6.00. The molecule has 0 aliphatic heterocycles. The molecule has 0 radical (unpaired) electrons. The summed E-state index contributed by atoms with van der Waals surface area (Å²) in [5.41, 5.74) is 1.29. The normalized spacial score (nSPS) is 10.8. The van der Waals surface area contributed by atoms with Crippen LogP contribution < -0.4 is 10.5 Å². The van der Waals surface area contributed by atoms with Gasteiger partial charge in [-0.2, -0.15) is 10.2 Å². The number of nitro benzene ring substituents is 2. The van der Waals surface area contributed by atoms with Crippen LogP contribution in [0.4, 0.5) is 11.4 Å². The monoisotopic (exact) mass is 409 g/mol. The van der Waals surface area contributed by atoms with Gasteiger partial charge in [0.15, 0.2) is 0 Å². The lowest BCUT2D eigenvalue weighted by molar-refractivity contribution is -0.403. The molecule has 0 bridgehead atoms. The summed E-state index contributed by atoms with van der Waals surface area (Å²) in [6.45, 7) is 0.453. The van der Waals surface area contributed by atoms with Crippen LogP contribution in [0.2, 0.25) is 0 Å². The Bertz CT molecular complexity index is 1140. The maximum Gasteiger partial charge on any atom is 0.276 e. The van der Waals surface area contributed by atoms with Crippen molar-refractivity contribution in [2.45, 2.75) is 6.54 Å². The van der Waals surface area contributed by atoms with Crippen molar-refractivity contribution in [1.29, 1.82) is 0 Å². The SMILES string of the molecule is O=C(N/N=C/c1cc([N+](=O)[O-])cc([N+](=O)[O-])c1[O-])c1cccc(Cn2cccn2)c1. The summed E-state index contributed by atoms with van der Waals surface area (Å²) < 4.78 is 1.68. The van der Waals surface area contributed by atoms with Crippen molar-refractivity contribution in [2.75, 3.05) is 0 Å². The number of amides is 1. The number of nitrogens with zero attached hydrogens (tertiary/aromatic N) is 5. The fraction of sp³-hybridized carbons (Fsp3) is 0.0556. The minimum Gasteiger partial charge on any atom is -0.867 e. The smallest absolute Gasteiger partial charge is 0.276 e. The number of aromatic nitrogens is 2. The van der Waals surface area contributed by atoms with E-state index in [0.717, 1.165) is 17.8 Å². The minimum absolute atomic E-state index is 0.282. The highest BCUT2D eigenvalue weighted by Crippen LogP contribution is 2.31. The number of nitrogens with one attached hydrogen (secondary N) is 1. The number of hydrazone groups is 1. The molecular weight excluding hydrogens is 396 g/mol. The van der Waals surface area contributed by atoms with Crippen molar-refractivity contribution in [3.05, 3.63) is 91.8 Å². The second-order valence-electron chi connectivity index (χ2n) is 6.00. The Morgan fingerprint density at radius 3 is 2.63 bits per heavy atom. The fourth-order valence-corrected chi connectivity index (χ4v) is 2.57. The van der Waals surface area contributed by atoms with E-state index < -0.39 is 38.4 Å². The zero-order valence-corrected chi connectivity index (χ0v) is 15.2. The number of non-ortho nitro benzene ring substituents is 1. The average Bonchev–Trinajstić information content (AvgIpc) is 3.22. The Hall–Kier alpha value is -4.61. The van der Waals surface area contributed by atoms with Crippen molar-refractivity contribution in [3.63, 3.8) is 0 Å². The number of nitro groups is 2. The van der Waals surface area contributed by atoms with Gasteiger partial charge in [-0.25, -0.2) is 5.43 Å². The summed E-state index contributed by atoms with van der Waals surface area (Å²) in [5.74, 6) is -1.65. The van der Waals surface area contributed by atoms with E-state index in [1.807, 2.05) is 6.07 Å². The summed E-state index contributed by atoms with van der Waals surface area (Å²) in [6.07, 6.45) is 4.23. The third-order valence-electron chi connectivity index (χ3n) is 3.95. The van der Waals surface area contributed by atoms with Crippen LogP contribution >= 0.6 is 0 Å². The molecule has 1 amide bonds. The Morgan fingerprint density at radius 1 is 1.17 bits per heavy atom. The molecule has 2 aromatic carbocycles. The van der Waals surface area contributed by atoms with Crippen LogP contribution in [0.5, 0.6) is 5.75 Å². The van der Waals surface area contributed by atoms with Gasteiger partial charge in [-0.15, -0.1) is 0 Å². The molecule has 0 unspecified atom stereocenters. The van der Waals surface area contributed by atoms with Crippen LogP contribution in [0, 0.1) is 20.2 Å². The van der Waals surface area contributed by atoms with Gasteiger partial charge in [0.05, 0.1) is 28.7 Å². The number of benzene rings is 2. The quantitative estimate of drug-likeness (QED) is 0.351. The minimum atomic E-state index is -1.05. The number of hydrogen-bond donors (Lipinski definition) is 1. The molecule has 0 atom stereocenters. The Morgan fingerprint density at radius 2 is 1.97 bits per heavy atom. The zero-order chi connectivity index (χ0) is 21.7. The predicted molar refractivity (Wildman–Crippen MR) is 102 cm³/mol. The van der Waals surface area contributed by atoms with Crippen molar-refractivity contribution in [3.8, 4) is 5.75 Å². The lowest BCUT2D eigenvalue weighted by atomic mass is 10.1. The van der Waals surface area contributed by atoms with E-state index in [1.54, 1.807) is 41.3 Å². The zero-order valence-electron chi connectivity index (χ0n) is 15.2. The van der Waals surface area contributed by atoms with Crippen molar-refractivity contribution < 1.29 is 19.7 Å². The van der Waals surface area contributed by atoms with Crippen LogP contribution in [-0.4, -0.2) is 31.7 Å². The average molecular weight is 409 g/mol. The Kier molecular flexibility index (Phi) is 5.77. The summed E-state index contributed by atoms with van der Waals surface area (Å²) in [5, 5.41) is 41.6. The molecule has 12 heteroatoms. The topological polar surface area (TPSA) is 169 Å². The fourth-order valence-electron chi connectivity index (χ4n) is 2.57. The molecular formula is C18H13N6O6-. The largest absolute Gasteiger partial charge is 0.867 e. The number of hydrogen-bond acceptors (Lipinski definition) is 8. The van der Waals surface area contributed by atoms with Gasteiger partial charge in [0.2, 0.25) is 0 Å². The Labute approximate surface area is 168 Å². The Balaban J connectivity index is 1.76. The molecule has 12 nitrogen and oxygen atoms in total. The maximum atomic E-state index is 12.3. The van der Waals surface area contributed by atoms with E-state index in [1.165, 1.54) is 0 Å². The first-order valence-corrected chi connectivity index (χ1v) is 8.39. The molecule has 1 aromatic heterocycles. The van der Waals surface area contributed by atoms with Crippen LogP contribution in [0.3, 0.4) is 0 Å². The first-order valence-electron chi connectivity index (χ1n) is 8.39. The van der Waals surface area contributed by atoms with Gasteiger partial charge in [-0.05, 0) is 29.5 Å². The molecule has 30 heavy (non-hydrogen) atoms. The number of carbonyl (C=O) groups is 1. The predicted octanol–water partition coefficient (Wildman–Crippen LogP) is 1.59. The van der Waals surface area contributed by atoms with Gasteiger partial charge in [0, 0.05) is 29.6 Å². The highest BCUT2D eigenvalue weighted by atomic mass is 16.6. The van der Waals surface area contributed by atoms with E-state index >= 15 is 0 Å². The van der Waals surface area contributed by atoms with Crippen molar-refractivity contribution in [2.24, 2.45) is 5.10 Å². The molecule has 152 valence electrons. The first-order chi connectivity index (χ1) is 14.3. The van der Waals surface area contributed by atoms with Crippen LogP contribution in [0.1, 0.15) is 21.5 Å². The molecule has 3 aromatic rings. The van der Waals surface area contributed by atoms with Crippen LogP contribution in [-0.2, 0) is 6.54 Å². The van der Waals surface area contributed by atoms with E-state index in [9.17, 15) is 30.1 Å². The molecule has 0 saturated carbocycles.